The number of hydrogen-bond donors (Lipinski definition) is 0. The molecule has 3 aromatic carbocycles. The number of hydrogen-bond acceptors (Lipinski definition) is 5. The molecule has 0 radical (unpaired) electrons. The summed E-state index contributed by atoms with van der Waals surface area (Å²) in [5.74, 6) is 0.312. The molecule has 0 atom stereocenters. The van der Waals surface area contributed by atoms with Crippen molar-refractivity contribution in [2.45, 2.75) is 13.2 Å². The average molecular weight is 380 g/mol. The molecule has 142 valence electrons. The molecule has 0 spiro atoms. The molecule has 3 rings (SSSR count). The van der Waals surface area contributed by atoms with Crippen molar-refractivity contribution < 1.29 is 18.9 Å². The van der Waals surface area contributed by atoms with E-state index in [0.29, 0.717) is 23.5 Å². The zero-order valence-corrected chi connectivity index (χ0v) is 14.8. The Morgan fingerprint density at radius 2 is 1.75 bits per heavy atom. The molecule has 7 heteroatoms. The third kappa shape index (κ3) is 5.38. The predicted molar refractivity (Wildman–Crippen MR) is 103 cm³/mol. The van der Waals surface area contributed by atoms with Crippen LogP contribution in [0.3, 0.4) is 0 Å². The Kier molecular flexibility index (Phi) is 6.30. The standard InChI is InChI=1S/C21H17FN2O4/c22-19-10-8-16(9-11-19)14-27-21-7-2-1-5-18(21)13-23-28-15-17-4-3-6-20(12-17)24(25)26/h1-13H,14-15H2/b23-13-. The van der Waals surface area contributed by atoms with Gasteiger partial charge in [0.05, 0.1) is 11.1 Å². The van der Waals surface area contributed by atoms with Crippen LogP contribution < -0.4 is 4.74 Å². The summed E-state index contributed by atoms with van der Waals surface area (Å²) in [5.41, 5.74) is 2.20. The van der Waals surface area contributed by atoms with Gasteiger partial charge in [-0.1, -0.05) is 41.6 Å². The minimum atomic E-state index is -0.457. The smallest absolute Gasteiger partial charge is 0.269 e. The van der Waals surface area contributed by atoms with Gasteiger partial charge in [-0.2, -0.15) is 0 Å². The summed E-state index contributed by atoms with van der Waals surface area (Å²) in [7, 11) is 0. The lowest BCUT2D eigenvalue weighted by atomic mass is 10.2. The molecule has 0 unspecified atom stereocenters. The second-order valence-electron chi connectivity index (χ2n) is 5.89. The van der Waals surface area contributed by atoms with Crippen LogP contribution in [0, 0.1) is 15.9 Å². The first-order chi connectivity index (χ1) is 13.6. The van der Waals surface area contributed by atoms with Gasteiger partial charge in [0.15, 0.2) is 0 Å². The maximum Gasteiger partial charge on any atom is 0.269 e. The summed E-state index contributed by atoms with van der Waals surface area (Å²) >= 11 is 0. The third-order valence-corrected chi connectivity index (χ3v) is 3.85. The number of rotatable bonds is 8. The van der Waals surface area contributed by atoms with Crippen LogP contribution in [0.1, 0.15) is 16.7 Å². The molecule has 0 aliphatic rings. The minimum Gasteiger partial charge on any atom is -0.488 e. The van der Waals surface area contributed by atoms with E-state index >= 15 is 0 Å². The molecule has 3 aromatic rings. The lowest BCUT2D eigenvalue weighted by molar-refractivity contribution is -0.384. The zero-order chi connectivity index (χ0) is 19.8. The Balaban J connectivity index is 1.59. The molecule has 0 saturated heterocycles. The second kappa shape index (κ2) is 9.27. The van der Waals surface area contributed by atoms with Crippen LogP contribution in [0.5, 0.6) is 5.75 Å². The number of nitro benzene ring substituents is 1. The Morgan fingerprint density at radius 3 is 2.54 bits per heavy atom. The number of non-ortho nitro benzene ring substituents is 1. The van der Waals surface area contributed by atoms with E-state index in [2.05, 4.69) is 5.16 Å². The molecule has 0 amide bonds. The predicted octanol–water partition coefficient (Wildman–Crippen LogP) is 4.86. The highest BCUT2D eigenvalue weighted by molar-refractivity contribution is 5.83. The normalized spacial score (nSPS) is 10.8. The van der Waals surface area contributed by atoms with Gasteiger partial charge in [0.1, 0.15) is 24.8 Å². The highest BCUT2D eigenvalue weighted by atomic mass is 19.1. The minimum absolute atomic E-state index is 0.00428. The summed E-state index contributed by atoms with van der Waals surface area (Å²) in [6.45, 7) is 0.399. The summed E-state index contributed by atoms with van der Waals surface area (Å²) in [4.78, 5) is 15.6. The van der Waals surface area contributed by atoms with Gasteiger partial charge in [0.2, 0.25) is 0 Å². The van der Waals surface area contributed by atoms with Crippen molar-refractivity contribution in [1.29, 1.82) is 0 Å². The fraction of sp³-hybridized carbons (Fsp3) is 0.0952. The van der Waals surface area contributed by atoms with Gasteiger partial charge in [-0.3, -0.25) is 10.1 Å². The molecule has 0 aromatic heterocycles. The Bertz CT molecular complexity index is 974. The lowest BCUT2D eigenvalue weighted by Crippen LogP contribution is -1.98. The first-order valence-corrected chi connectivity index (χ1v) is 8.47. The monoisotopic (exact) mass is 380 g/mol. The van der Waals surface area contributed by atoms with Crippen molar-refractivity contribution in [2.75, 3.05) is 0 Å². The molecule has 0 aliphatic heterocycles. The molecule has 0 bridgehead atoms. The highest BCUT2D eigenvalue weighted by Crippen LogP contribution is 2.18. The Morgan fingerprint density at radius 1 is 0.964 bits per heavy atom. The van der Waals surface area contributed by atoms with Crippen LogP contribution in [-0.2, 0) is 18.1 Å². The van der Waals surface area contributed by atoms with Crippen molar-refractivity contribution in [3.63, 3.8) is 0 Å². The summed E-state index contributed by atoms with van der Waals surface area (Å²) in [5, 5.41) is 14.7. The van der Waals surface area contributed by atoms with Gasteiger partial charge < -0.3 is 9.57 Å². The fourth-order valence-electron chi connectivity index (χ4n) is 2.43. The van der Waals surface area contributed by atoms with Crippen LogP contribution in [0.2, 0.25) is 0 Å². The van der Waals surface area contributed by atoms with E-state index in [4.69, 9.17) is 9.57 Å². The molecule has 0 aliphatic carbocycles. The number of para-hydroxylation sites is 1. The molecule has 0 N–H and O–H groups in total. The van der Waals surface area contributed by atoms with Crippen LogP contribution in [0.25, 0.3) is 0 Å². The summed E-state index contributed by atoms with van der Waals surface area (Å²) in [6, 6.07) is 19.6. The molecule has 0 heterocycles. The Hall–Kier alpha value is -3.74. The van der Waals surface area contributed by atoms with Gasteiger partial charge in [-0.05, 0) is 35.4 Å². The topological polar surface area (TPSA) is 74.0 Å². The summed E-state index contributed by atoms with van der Waals surface area (Å²) < 4.78 is 18.7. The Labute approximate surface area is 161 Å². The van der Waals surface area contributed by atoms with Gasteiger partial charge >= 0.3 is 0 Å². The van der Waals surface area contributed by atoms with Crippen molar-refractivity contribution >= 4 is 11.9 Å². The van der Waals surface area contributed by atoms with Crippen molar-refractivity contribution in [3.05, 3.63) is 105 Å². The van der Waals surface area contributed by atoms with Crippen LogP contribution in [0.15, 0.2) is 78.0 Å². The van der Waals surface area contributed by atoms with Crippen molar-refractivity contribution in [2.24, 2.45) is 5.16 Å². The van der Waals surface area contributed by atoms with Gasteiger partial charge in [0.25, 0.3) is 5.69 Å². The van der Waals surface area contributed by atoms with Crippen LogP contribution in [0.4, 0.5) is 10.1 Å². The average Bonchev–Trinajstić information content (AvgIpc) is 2.72. The van der Waals surface area contributed by atoms with E-state index in [1.807, 2.05) is 18.2 Å². The SMILES string of the molecule is O=[N+]([O-])c1cccc(CO/N=C\c2ccccc2OCc2ccc(F)cc2)c1. The maximum atomic E-state index is 13.0. The van der Waals surface area contributed by atoms with Crippen molar-refractivity contribution in [3.8, 4) is 5.75 Å². The molecule has 28 heavy (non-hydrogen) atoms. The quantitative estimate of drug-likeness (QED) is 0.318. The number of nitro groups is 1. The molecule has 0 fully saturated rings. The van der Waals surface area contributed by atoms with E-state index in [-0.39, 0.29) is 18.1 Å². The molecular formula is C21H17FN2O4. The maximum absolute atomic E-state index is 13.0. The summed E-state index contributed by atoms with van der Waals surface area (Å²) in [6.07, 6.45) is 1.51. The molecule has 0 saturated carbocycles. The van der Waals surface area contributed by atoms with Crippen LogP contribution >= 0.6 is 0 Å². The first kappa shape index (κ1) is 19.0. The van der Waals surface area contributed by atoms with E-state index in [1.54, 1.807) is 30.3 Å². The molecular weight excluding hydrogens is 363 g/mol. The largest absolute Gasteiger partial charge is 0.488 e. The van der Waals surface area contributed by atoms with E-state index in [1.165, 1.54) is 30.5 Å². The number of nitrogens with zero attached hydrogens (tertiary/aromatic N) is 2. The van der Waals surface area contributed by atoms with Gasteiger partial charge in [0, 0.05) is 17.7 Å². The number of benzene rings is 3. The highest BCUT2D eigenvalue weighted by Gasteiger charge is 2.06. The second-order valence-corrected chi connectivity index (χ2v) is 5.89. The van der Waals surface area contributed by atoms with Crippen molar-refractivity contribution in [1.82, 2.24) is 0 Å². The third-order valence-electron chi connectivity index (χ3n) is 3.85. The zero-order valence-electron chi connectivity index (χ0n) is 14.8. The van der Waals surface area contributed by atoms with Gasteiger partial charge in [-0.15, -0.1) is 0 Å². The molecule has 6 nitrogen and oxygen atoms in total. The van der Waals surface area contributed by atoms with E-state index in [9.17, 15) is 14.5 Å². The first-order valence-electron chi connectivity index (χ1n) is 8.47. The van der Waals surface area contributed by atoms with Crippen LogP contribution in [-0.4, -0.2) is 11.1 Å². The van der Waals surface area contributed by atoms with E-state index in [0.717, 1.165) is 5.56 Å². The number of ether oxygens (including phenoxy) is 1. The lowest BCUT2D eigenvalue weighted by Gasteiger charge is -2.09. The number of halogens is 1. The fourth-order valence-corrected chi connectivity index (χ4v) is 2.43. The van der Waals surface area contributed by atoms with E-state index < -0.39 is 4.92 Å². The number of oxime groups is 1. The van der Waals surface area contributed by atoms with Gasteiger partial charge in [-0.25, -0.2) is 4.39 Å².